The van der Waals surface area contributed by atoms with Crippen molar-refractivity contribution in [3.8, 4) is 5.75 Å². The molecular formula is C12H14N2O5. The van der Waals surface area contributed by atoms with Crippen molar-refractivity contribution in [3.05, 3.63) is 23.8 Å². The Morgan fingerprint density at radius 2 is 2.32 bits per heavy atom. The van der Waals surface area contributed by atoms with Gasteiger partial charge in [0, 0.05) is 12.1 Å². The summed E-state index contributed by atoms with van der Waals surface area (Å²) >= 11 is 0. The van der Waals surface area contributed by atoms with Crippen molar-refractivity contribution in [2.24, 2.45) is 0 Å². The van der Waals surface area contributed by atoms with Crippen LogP contribution in [-0.2, 0) is 4.79 Å². The minimum Gasteiger partial charge on any atom is -0.482 e. The van der Waals surface area contributed by atoms with Gasteiger partial charge in [0.05, 0.1) is 18.4 Å². The van der Waals surface area contributed by atoms with Crippen LogP contribution in [-0.4, -0.2) is 47.9 Å². The second kappa shape index (κ2) is 5.68. The van der Waals surface area contributed by atoms with E-state index in [2.05, 4.69) is 10.6 Å². The lowest BCUT2D eigenvalue weighted by molar-refractivity contribution is -0.118. The number of aliphatic hydroxyl groups excluding tert-OH is 2. The third kappa shape index (κ3) is 3.21. The Bertz CT molecular complexity index is 503. The SMILES string of the molecule is O=C1COc2ccc(C(=O)NCC(O)CO)cc2N1. The number of hydrogen-bond acceptors (Lipinski definition) is 5. The Balaban J connectivity index is 2.06. The van der Waals surface area contributed by atoms with Crippen molar-refractivity contribution >= 4 is 17.5 Å². The molecule has 19 heavy (non-hydrogen) atoms. The van der Waals surface area contributed by atoms with Gasteiger partial charge in [0.25, 0.3) is 11.8 Å². The van der Waals surface area contributed by atoms with Gasteiger partial charge in [-0.05, 0) is 18.2 Å². The Morgan fingerprint density at radius 3 is 3.05 bits per heavy atom. The van der Waals surface area contributed by atoms with E-state index in [4.69, 9.17) is 14.9 Å². The summed E-state index contributed by atoms with van der Waals surface area (Å²) in [4.78, 5) is 22.9. The van der Waals surface area contributed by atoms with Crippen molar-refractivity contribution < 1.29 is 24.5 Å². The zero-order chi connectivity index (χ0) is 13.8. The molecule has 0 aromatic heterocycles. The number of carbonyl (C=O) groups is 2. The number of ether oxygens (including phenoxy) is 1. The van der Waals surface area contributed by atoms with Crippen molar-refractivity contribution in [2.45, 2.75) is 6.10 Å². The third-order valence-electron chi connectivity index (χ3n) is 2.58. The molecule has 102 valence electrons. The predicted octanol–water partition coefficient (Wildman–Crippen LogP) is -0.900. The number of aliphatic hydroxyl groups is 2. The summed E-state index contributed by atoms with van der Waals surface area (Å²) in [5.41, 5.74) is 0.765. The second-order valence-corrected chi connectivity index (χ2v) is 4.09. The molecule has 0 radical (unpaired) electrons. The molecule has 1 aliphatic rings. The first-order chi connectivity index (χ1) is 9.10. The highest BCUT2D eigenvalue weighted by molar-refractivity contribution is 5.99. The fraction of sp³-hybridized carbons (Fsp3) is 0.333. The van der Waals surface area contributed by atoms with Gasteiger partial charge in [-0.2, -0.15) is 0 Å². The monoisotopic (exact) mass is 266 g/mol. The zero-order valence-electron chi connectivity index (χ0n) is 10.0. The molecular weight excluding hydrogens is 252 g/mol. The van der Waals surface area contributed by atoms with Crippen molar-refractivity contribution in [2.75, 3.05) is 25.1 Å². The van der Waals surface area contributed by atoms with E-state index in [1.165, 1.54) is 6.07 Å². The zero-order valence-corrected chi connectivity index (χ0v) is 10.0. The van der Waals surface area contributed by atoms with E-state index in [0.29, 0.717) is 17.0 Å². The van der Waals surface area contributed by atoms with Gasteiger partial charge in [-0.3, -0.25) is 9.59 Å². The average molecular weight is 266 g/mol. The summed E-state index contributed by atoms with van der Waals surface area (Å²) < 4.78 is 5.17. The van der Waals surface area contributed by atoms with E-state index < -0.39 is 18.6 Å². The highest BCUT2D eigenvalue weighted by Gasteiger charge is 2.18. The van der Waals surface area contributed by atoms with Gasteiger partial charge in [-0.15, -0.1) is 0 Å². The highest BCUT2D eigenvalue weighted by Crippen LogP contribution is 2.28. The summed E-state index contributed by atoms with van der Waals surface area (Å²) in [5.74, 6) is -0.178. The summed E-state index contributed by atoms with van der Waals surface area (Å²) in [6.07, 6.45) is -0.996. The first kappa shape index (κ1) is 13.3. The predicted molar refractivity (Wildman–Crippen MR) is 66.0 cm³/mol. The lowest BCUT2D eigenvalue weighted by Gasteiger charge is -2.18. The van der Waals surface area contributed by atoms with E-state index in [1.54, 1.807) is 12.1 Å². The molecule has 1 aromatic rings. The summed E-state index contributed by atoms with van der Waals surface area (Å²) in [6, 6.07) is 4.64. The largest absolute Gasteiger partial charge is 0.482 e. The van der Waals surface area contributed by atoms with Crippen molar-refractivity contribution in [1.82, 2.24) is 5.32 Å². The molecule has 0 fully saturated rings. The number of carbonyl (C=O) groups excluding carboxylic acids is 2. The molecule has 0 spiro atoms. The number of amides is 2. The maximum atomic E-state index is 11.8. The summed E-state index contributed by atoms with van der Waals surface area (Å²) in [6.45, 7) is -0.509. The standard InChI is InChI=1S/C12H14N2O5/c15-5-8(16)4-13-12(18)7-1-2-10-9(3-7)14-11(17)6-19-10/h1-3,8,15-16H,4-6H2,(H,13,18)(H,14,17). The second-order valence-electron chi connectivity index (χ2n) is 4.09. The number of fused-ring (bicyclic) bond motifs is 1. The van der Waals surface area contributed by atoms with Crippen LogP contribution >= 0.6 is 0 Å². The van der Waals surface area contributed by atoms with E-state index in [1.807, 2.05) is 0 Å². The normalized spacial score (nSPS) is 14.9. The van der Waals surface area contributed by atoms with Crippen LogP contribution < -0.4 is 15.4 Å². The van der Waals surface area contributed by atoms with E-state index in [9.17, 15) is 9.59 Å². The maximum absolute atomic E-state index is 11.8. The van der Waals surface area contributed by atoms with E-state index >= 15 is 0 Å². The minimum absolute atomic E-state index is 0.0404. The first-order valence-corrected chi connectivity index (χ1v) is 5.74. The number of benzene rings is 1. The van der Waals surface area contributed by atoms with Crippen LogP contribution in [0.1, 0.15) is 10.4 Å². The van der Waals surface area contributed by atoms with Crippen LogP contribution in [0.2, 0.25) is 0 Å². The average Bonchev–Trinajstić information content (AvgIpc) is 2.43. The Hall–Kier alpha value is -2.12. The number of hydrogen-bond donors (Lipinski definition) is 4. The molecule has 1 aliphatic heterocycles. The van der Waals surface area contributed by atoms with Crippen LogP contribution in [0.25, 0.3) is 0 Å². The van der Waals surface area contributed by atoms with E-state index in [-0.39, 0.29) is 19.1 Å². The molecule has 7 heteroatoms. The third-order valence-corrected chi connectivity index (χ3v) is 2.58. The van der Waals surface area contributed by atoms with E-state index in [0.717, 1.165) is 0 Å². The quantitative estimate of drug-likeness (QED) is 0.565. The fourth-order valence-electron chi connectivity index (χ4n) is 1.60. The lowest BCUT2D eigenvalue weighted by Crippen LogP contribution is -2.34. The van der Waals surface area contributed by atoms with Gasteiger partial charge in [0.2, 0.25) is 0 Å². The smallest absolute Gasteiger partial charge is 0.262 e. The minimum atomic E-state index is -0.996. The molecule has 1 aromatic carbocycles. The molecule has 1 atom stereocenters. The highest BCUT2D eigenvalue weighted by atomic mass is 16.5. The van der Waals surface area contributed by atoms with Crippen molar-refractivity contribution in [3.63, 3.8) is 0 Å². The molecule has 1 unspecified atom stereocenters. The fourth-order valence-corrected chi connectivity index (χ4v) is 1.60. The molecule has 7 nitrogen and oxygen atoms in total. The van der Waals surface area contributed by atoms with Crippen LogP contribution in [0.5, 0.6) is 5.75 Å². The maximum Gasteiger partial charge on any atom is 0.262 e. The number of nitrogens with one attached hydrogen (secondary N) is 2. The molecule has 4 N–H and O–H groups in total. The van der Waals surface area contributed by atoms with Gasteiger partial charge in [-0.1, -0.05) is 0 Å². The van der Waals surface area contributed by atoms with Crippen molar-refractivity contribution in [1.29, 1.82) is 0 Å². The Morgan fingerprint density at radius 1 is 1.53 bits per heavy atom. The number of anilines is 1. The number of rotatable bonds is 4. The van der Waals surface area contributed by atoms with Crippen LogP contribution in [0.15, 0.2) is 18.2 Å². The summed E-state index contributed by atoms with van der Waals surface area (Å²) in [7, 11) is 0. The lowest BCUT2D eigenvalue weighted by atomic mass is 10.1. The Labute approximate surface area is 109 Å². The topological polar surface area (TPSA) is 108 Å². The molecule has 0 saturated heterocycles. The molecule has 2 amide bonds. The molecule has 0 bridgehead atoms. The van der Waals surface area contributed by atoms with Gasteiger partial charge >= 0.3 is 0 Å². The molecule has 1 heterocycles. The van der Waals surface area contributed by atoms with Gasteiger partial charge in [0.15, 0.2) is 6.61 Å². The van der Waals surface area contributed by atoms with Gasteiger partial charge in [0.1, 0.15) is 5.75 Å². The molecule has 0 aliphatic carbocycles. The van der Waals surface area contributed by atoms with Crippen LogP contribution in [0, 0.1) is 0 Å². The van der Waals surface area contributed by atoms with Gasteiger partial charge in [-0.25, -0.2) is 0 Å². The Kier molecular flexibility index (Phi) is 3.98. The van der Waals surface area contributed by atoms with Gasteiger partial charge < -0.3 is 25.6 Å². The first-order valence-electron chi connectivity index (χ1n) is 5.74. The molecule has 0 saturated carbocycles. The van der Waals surface area contributed by atoms with Crippen LogP contribution in [0.3, 0.4) is 0 Å². The van der Waals surface area contributed by atoms with Crippen LogP contribution in [0.4, 0.5) is 5.69 Å². The summed E-state index contributed by atoms with van der Waals surface area (Å²) in [5, 5.41) is 22.8. The molecule has 2 rings (SSSR count).